The molecule has 0 aliphatic carbocycles. The third kappa shape index (κ3) is 2.27. The summed E-state index contributed by atoms with van der Waals surface area (Å²) in [6.07, 6.45) is 3.21. The molecule has 1 nitrogen and oxygen atoms in total. The fourth-order valence-corrected chi connectivity index (χ4v) is 3.32. The number of allylic oxidation sites excluding steroid dienone is 2. The maximum atomic E-state index is 12.4. The van der Waals surface area contributed by atoms with E-state index >= 15 is 0 Å². The summed E-state index contributed by atoms with van der Waals surface area (Å²) in [6.45, 7) is 0. The van der Waals surface area contributed by atoms with Crippen LogP contribution in [0.5, 0.6) is 0 Å². The molecule has 0 aromatic heterocycles. The van der Waals surface area contributed by atoms with Crippen LogP contribution in [-0.4, -0.2) is 3.63 Å². The molecule has 0 saturated carbocycles. The molecule has 0 radical (unpaired) electrons. The predicted molar refractivity (Wildman–Crippen MR) is 49.4 cm³/mol. The fourth-order valence-electron chi connectivity index (χ4n) is 0.436. The summed E-state index contributed by atoms with van der Waals surface area (Å²) in [5.74, 6) is 0. The smallest absolute Gasteiger partial charge is 0.157 e. The standard InChI is InChI=1S/C5H4BrFIN/c6-3-1-4(7)8-5(9)2-3/h1-2H,9H2. The van der Waals surface area contributed by atoms with Gasteiger partial charge in [0.15, 0.2) is 3.83 Å². The summed E-state index contributed by atoms with van der Waals surface area (Å²) in [6, 6.07) is 0. The first-order valence-corrected chi connectivity index (χ1v) is 5.15. The van der Waals surface area contributed by atoms with Gasteiger partial charge in [-0.25, -0.2) is 4.39 Å². The zero-order chi connectivity index (χ0) is 6.85. The van der Waals surface area contributed by atoms with Gasteiger partial charge in [-0.15, -0.1) is 0 Å². The van der Waals surface area contributed by atoms with E-state index in [0.717, 1.165) is 4.48 Å². The quantitative estimate of drug-likeness (QED) is 0.682. The Balaban J connectivity index is 2.98. The van der Waals surface area contributed by atoms with Crippen LogP contribution in [0.2, 0.25) is 0 Å². The number of nitrogens with two attached hydrogens (primary N) is 1. The van der Waals surface area contributed by atoms with Crippen molar-refractivity contribution in [2.24, 2.45) is 5.73 Å². The Morgan fingerprint density at radius 1 is 1.56 bits per heavy atom. The van der Waals surface area contributed by atoms with E-state index in [-0.39, 0.29) is 3.83 Å². The minimum Gasteiger partial charge on any atom is -0.298 e. The first-order chi connectivity index (χ1) is 4.18. The molecule has 0 spiro atoms. The first-order valence-electron chi connectivity index (χ1n) is 2.20. The van der Waals surface area contributed by atoms with Crippen LogP contribution in [0.25, 0.3) is 0 Å². The van der Waals surface area contributed by atoms with Crippen LogP contribution < -0.4 is 5.73 Å². The molecule has 9 heavy (non-hydrogen) atoms. The van der Waals surface area contributed by atoms with Gasteiger partial charge in [0.05, 0.1) is 0 Å². The Morgan fingerprint density at radius 3 is 2.67 bits per heavy atom. The summed E-state index contributed by atoms with van der Waals surface area (Å²) in [5.41, 5.74) is 5.39. The Hall–Kier alpha value is 0.450. The Kier molecular flexibility index (Phi) is 2.54. The van der Waals surface area contributed by atoms with Gasteiger partial charge in [0.1, 0.15) is 0 Å². The van der Waals surface area contributed by atoms with Crippen molar-refractivity contribution in [3.05, 3.63) is 20.5 Å². The molecule has 0 saturated heterocycles. The molecule has 0 unspecified atom stereocenters. The normalized spacial score (nSPS) is 19.2. The number of rotatable bonds is 0. The summed E-state index contributed by atoms with van der Waals surface area (Å²) < 4.78 is 13.7. The number of hydrogen-bond donors (Lipinski definition) is 1. The molecule has 1 aliphatic heterocycles. The van der Waals surface area contributed by atoms with Crippen molar-refractivity contribution in [1.29, 1.82) is 0 Å². The number of halogens is 3. The van der Waals surface area contributed by atoms with Crippen molar-refractivity contribution in [3.8, 4) is 0 Å². The minimum absolute atomic E-state index is 0.0827. The highest BCUT2D eigenvalue weighted by atomic mass is 127. The van der Waals surface area contributed by atoms with Crippen LogP contribution in [-0.2, 0) is 0 Å². The van der Waals surface area contributed by atoms with Gasteiger partial charge in [0.25, 0.3) is 0 Å². The maximum absolute atomic E-state index is 12.4. The fraction of sp³-hybridized carbons (Fsp3) is 0. The van der Waals surface area contributed by atoms with Crippen molar-refractivity contribution in [1.82, 2.24) is 0 Å². The monoisotopic (exact) mass is 303 g/mol. The lowest BCUT2D eigenvalue weighted by molar-refractivity contribution is 0.711. The third-order valence-corrected chi connectivity index (χ3v) is 2.94. The predicted octanol–water partition coefficient (Wildman–Crippen LogP) is 2.15. The Morgan fingerprint density at radius 2 is 2.22 bits per heavy atom. The van der Waals surface area contributed by atoms with Crippen LogP contribution in [0.3, 0.4) is 0 Å². The van der Waals surface area contributed by atoms with Gasteiger partial charge in [-0.2, -0.15) is 0 Å². The number of hydrogen-bond acceptors (Lipinski definition) is 1. The zero-order valence-corrected chi connectivity index (χ0v) is 8.11. The molecular formula is C5H4BrFIN. The molecule has 0 aromatic rings. The van der Waals surface area contributed by atoms with Gasteiger partial charge in [-0.3, -0.25) is 5.73 Å². The summed E-state index contributed by atoms with van der Waals surface area (Å²) in [7, 11) is 0. The average Bonchev–Trinajstić information content (AvgIpc) is 1.59. The first kappa shape index (κ1) is 7.56. The summed E-state index contributed by atoms with van der Waals surface area (Å²) in [5, 5.41) is 0. The van der Waals surface area contributed by atoms with E-state index in [0.29, 0.717) is 3.63 Å². The van der Waals surface area contributed by atoms with E-state index in [2.05, 4.69) is 15.9 Å². The second-order valence-corrected chi connectivity index (χ2v) is 5.17. The van der Waals surface area contributed by atoms with Crippen molar-refractivity contribution in [3.63, 3.8) is 0 Å². The van der Waals surface area contributed by atoms with E-state index in [1.807, 2.05) is 0 Å². The molecule has 1 aliphatic rings. The lowest BCUT2D eigenvalue weighted by Gasteiger charge is -1.97. The molecule has 2 N–H and O–H groups in total. The second-order valence-electron chi connectivity index (χ2n) is 1.44. The Labute approximate surface area is 70.7 Å². The van der Waals surface area contributed by atoms with E-state index < -0.39 is 20.7 Å². The molecule has 4 heteroatoms. The van der Waals surface area contributed by atoms with Crippen LogP contribution in [0, 0.1) is 0 Å². The van der Waals surface area contributed by atoms with Gasteiger partial charge < -0.3 is 0 Å². The molecule has 0 fully saturated rings. The van der Waals surface area contributed by atoms with Gasteiger partial charge in [-0.05, 0) is 32.9 Å². The lowest BCUT2D eigenvalue weighted by atomic mass is 10.5. The van der Waals surface area contributed by atoms with Crippen LogP contribution in [0.1, 0.15) is 0 Å². The average molecular weight is 304 g/mol. The molecule has 0 atom stereocenters. The highest BCUT2D eigenvalue weighted by molar-refractivity contribution is 14.2. The minimum atomic E-state index is -0.656. The van der Waals surface area contributed by atoms with Gasteiger partial charge in [0.2, 0.25) is 0 Å². The van der Waals surface area contributed by atoms with Crippen LogP contribution >= 0.6 is 36.7 Å². The summed E-state index contributed by atoms with van der Waals surface area (Å²) in [4.78, 5) is 0. The van der Waals surface area contributed by atoms with E-state index in [1.54, 1.807) is 6.08 Å². The van der Waals surface area contributed by atoms with Crippen molar-refractivity contribution >= 4 is 40.3 Å². The van der Waals surface area contributed by atoms with E-state index in [1.165, 1.54) is 6.08 Å². The molecule has 0 amide bonds. The molecule has 0 aromatic carbocycles. The molecular weight excluding hydrogens is 300 g/mol. The second kappa shape index (κ2) is 3.03. The lowest BCUT2D eigenvalue weighted by Crippen LogP contribution is -2.05. The van der Waals surface area contributed by atoms with Gasteiger partial charge >= 0.3 is 0 Å². The van der Waals surface area contributed by atoms with Crippen LogP contribution in [0.15, 0.2) is 20.5 Å². The highest BCUT2D eigenvalue weighted by Gasteiger charge is 1.99. The van der Waals surface area contributed by atoms with E-state index in [9.17, 15) is 4.39 Å². The van der Waals surface area contributed by atoms with Crippen molar-refractivity contribution in [2.75, 3.05) is 0 Å². The SMILES string of the molecule is NC1=IC(F)=CC(Br)=C1. The molecule has 0 bridgehead atoms. The van der Waals surface area contributed by atoms with E-state index in [4.69, 9.17) is 5.73 Å². The largest absolute Gasteiger partial charge is 0.298 e. The third-order valence-electron chi connectivity index (χ3n) is 0.722. The summed E-state index contributed by atoms with van der Waals surface area (Å²) >= 11 is 2.48. The molecule has 1 heterocycles. The van der Waals surface area contributed by atoms with Gasteiger partial charge in [-0.1, -0.05) is 15.9 Å². The highest BCUT2D eigenvalue weighted by Crippen LogP contribution is 2.25. The Bertz CT molecular complexity index is 173. The van der Waals surface area contributed by atoms with Crippen LogP contribution in [0.4, 0.5) is 4.39 Å². The maximum Gasteiger partial charge on any atom is 0.157 e. The molecule has 50 valence electrons. The zero-order valence-electron chi connectivity index (χ0n) is 4.37. The molecule has 1 rings (SSSR count). The van der Waals surface area contributed by atoms with Gasteiger partial charge in [0, 0.05) is 8.12 Å². The topological polar surface area (TPSA) is 26.0 Å². The van der Waals surface area contributed by atoms with Crippen molar-refractivity contribution in [2.45, 2.75) is 0 Å². The van der Waals surface area contributed by atoms with Crippen molar-refractivity contribution < 1.29 is 4.39 Å².